The van der Waals surface area contributed by atoms with Gasteiger partial charge in [0.25, 0.3) is 0 Å². The molecule has 1 aromatic rings. The van der Waals surface area contributed by atoms with Gasteiger partial charge in [-0.1, -0.05) is 43.0 Å². The third-order valence-corrected chi connectivity index (χ3v) is 1.51. The van der Waals surface area contributed by atoms with E-state index in [1.807, 2.05) is 30.3 Å². The summed E-state index contributed by atoms with van der Waals surface area (Å²) in [6, 6.07) is 9.92. The van der Waals surface area contributed by atoms with Crippen molar-refractivity contribution < 1.29 is 0 Å². The molecule has 0 saturated carbocycles. The first-order valence-corrected chi connectivity index (χ1v) is 3.48. The van der Waals surface area contributed by atoms with Crippen molar-refractivity contribution in [1.29, 1.82) is 0 Å². The van der Waals surface area contributed by atoms with E-state index >= 15 is 0 Å². The average molecular weight is 145 g/mol. The van der Waals surface area contributed by atoms with Crippen molar-refractivity contribution in [2.24, 2.45) is 5.73 Å². The first-order valence-electron chi connectivity index (χ1n) is 3.48. The van der Waals surface area contributed by atoms with E-state index < -0.39 is 0 Å². The van der Waals surface area contributed by atoms with Crippen molar-refractivity contribution in [3.63, 3.8) is 0 Å². The third-order valence-electron chi connectivity index (χ3n) is 1.51. The van der Waals surface area contributed by atoms with Gasteiger partial charge in [0.15, 0.2) is 0 Å². The van der Waals surface area contributed by atoms with Gasteiger partial charge in [0.2, 0.25) is 0 Å². The highest BCUT2D eigenvalue weighted by molar-refractivity contribution is 5.72. The molecule has 0 aliphatic rings. The molecular formula is C10H11N. The molecule has 0 bridgehead atoms. The van der Waals surface area contributed by atoms with Crippen LogP contribution in [0.5, 0.6) is 0 Å². The Kier molecular flexibility index (Phi) is 2.50. The lowest BCUT2D eigenvalue weighted by molar-refractivity contribution is 1.56. The predicted octanol–water partition coefficient (Wildman–Crippen LogP) is 2.17. The Morgan fingerprint density at radius 2 is 1.91 bits per heavy atom. The van der Waals surface area contributed by atoms with Crippen LogP contribution in [0.15, 0.2) is 49.2 Å². The van der Waals surface area contributed by atoms with Gasteiger partial charge in [-0.3, -0.25) is 0 Å². The second-order valence-electron chi connectivity index (χ2n) is 2.19. The van der Waals surface area contributed by atoms with E-state index in [1.54, 1.807) is 12.3 Å². The molecular weight excluding hydrogens is 134 g/mol. The van der Waals surface area contributed by atoms with Crippen molar-refractivity contribution >= 4 is 5.57 Å². The molecule has 11 heavy (non-hydrogen) atoms. The summed E-state index contributed by atoms with van der Waals surface area (Å²) in [5.74, 6) is 0. The van der Waals surface area contributed by atoms with Crippen LogP contribution < -0.4 is 5.73 Å². The second-order valence-corrected chi connectivity index (χ2v) is 2.19. The Bertz CT molecular complexity index is 259. The lowest BCUT2D eigenvalue weighted by Gasteiger charge is -1.98. The average Bonchev–Trinajstić information content (AvgIpc) is 2.09. The topological polar surface area (TPSA) is 26.0 Å². The highest BCUT2D eigenvalue weighted by Gasteiger charge is 1.92. The van der Waals surface area contributed by atoms with Crippen molar-refractivity contribution in [3.8, 4) is 0 Å². The Morgan fingerprint density at radius 1 is 1.27 bits per heavy atom. The smallest absolute Gasteiger partial charge is 0.00173 e. The third kappa shape index (κ3) is 1.71. The highest BCUT2D eigenvalue weighted by Crippen LogP contribution is 2.12. The number of rotatable bonds is 2. The molecule has 1 rings (SSSR count). The van der Waals surface area contributed by atoms with E-state index in [0.29, 0.717) is 0 Å². The molecule has 0 aliphatic carbocycles. The van der Waals surface area contributed by atoms with Crippen LogP contribution in [0.2, 0.25) is 0 Å². The summed E-state index contributed by atoms with van der Waals surface area (Å²) in [6.45, 7) is 3.66. The molecule has 0 aromatic heterocycles. The molecule has 0 spiro atoms. The maximum atomic E-state index is 5.38. The molecule has 0 heterocycles. The number of allylic oxidation sites excluding steroid dienone is 2. The van der Waals surface area contributed by atoms with Crippen LogP contribution in [0.4, 0.5) is 0 Å². The molecule has 0 unspecified atom stereocenters. The van der Waals surface area contributed by atoms with Crippen LogP contribution in [-0.4, -0.2) is 0 Å². The van der Waals surface area contributed by atoms with Crippen LogP contribution in [-0.2, 0) is 0 Å². The predicted molar refractivity (Wildman–Crippen MR) is 48.8 cm³/mol. The van der Waals surface area contributed by atoms with Crippen molar-refractivity contribution in [3.05, 3.63) is 54.8 Å². The molecule has 1 nitrogen and oxygen atoms in total. The Labute approximate surface area is 66.9 Å². The minimum atomic E-state index is 0.964. The zero-order chi connectivity index (χ0) is 8.10. The van der Waals surface area contributed by atoms with Crippen molar-refractivity contribution in [2.45, 2.75) is 0 Å². The van der Waals surface area contributed by atoms with Crippen LogP contribution >= 0.6 is 0 Å². The summed E-state index contributed by atoms with van der Waals surface area (Å²) in [6.07, 6.45) is 3.30. The zero-order valence-corrected chi connectivity index (χ0v) is 6.33. The maximum absolute atomic E-state index is 5.38. The number of hydrogen-bond donors (Lipinski definition) is 1. The maximum Gasteiger partial charge on any atom is 0.00173 e. The SMILES string of the molecule is C=C/C(=C/N)c1ccccc1. The minimum Gasteiger partial charge on any atom is -0.404 e. The molecule has 0 fully saturated rings. The summed E-state index contributed by atoms with van der Waals surface area (Å²) >= 11 is 0. The molecule has 0 atom stereocenters. The summed E-state index contributed by atoms with van der Waals surface area (Å²) in [7, 11) is 0. The molecule has 0 radical (unpaired) electrons. The molecule has 0 amide bonds. The second kappa shape index (κ2) is 3.62. The number of nitrogens with two attached hydrogens (primary N) is 1. The molecule has 1 aromatic carbocycles. The van der Waals surface area contributed by atoms with Crippen molar-refractivity contribution in [2.75, 3.05) is 0 Å². The van der Waals surface area contributed by atoms with E-state index in [1.165, 1.54) is 0 Å². The quantitative estimate of drug-likeness (QED) is 0.634. The molecule has 1 heteroatoms. The summed E-state index contributed by atoms with van der Waals surface area (Å²) < 4.78 is 0. The largest absolute Gasteiger partial charge is 0.404 e. The van der Waals surface area contributed by atoms with Gasteiger partial charge in [-0.25, -0.2) is 0 Å². The fourth-order valence-corrected chi connectivity index (χ4v) is 0.913. The van der Waals surface area contributed by atoms with Crippen molar-refractivity contribution in [1.82, 2.24) is 0 Å². The van der Waals surface area contributed by atoms with E-state index in [0.717, 1.165) is 11.1 Å². The van der Waals surface area contributed by atoms with Gasteiger partial charge < -0.3 is 5.73 Å². The van der Waals surface area contributed by atoms with Gasteiger partial charge in [-0.2, -0.15) is 0 Å². The van der Waals surface area contributed by atoms with Gasteiger partial charge >= 0.3 is 0 Å². The number of benzene rings is 1. The van der Waals surface area contributed by atoms with Crippen LogP contribution in [0.1, 0.15) is 5.56 Å². The number of hydrogen-bond acceptors (Lipinski definition) is 1. The van der Waals surface area contributed by atoms with Crippen LogP contribution in [0.3, 0.4) is 0 Å². The standard InChI is InChI=1S/C10H11N/c1-2-9(8-11)10-6-4-3-5-7-10/h2-8H,1,11H2/b9-8-. The summed E-state index contributed by atoms with van der Waals surface area (Å²) in [5.41, 5.74) is 7.45. The van der Waals surface area contributed by atoms with Gasteiger partial charge in [0.05, 0.1) is 0 Å². The minimum absolute atomic E-state index is 0.964. The highest BCUT2D eigenvalue weighted by atomic mass is 14.5. The molecule has 56 valence electrons. The van der Waals surface area contributed by atoms with Gasteiger partial charge in [0.1, 0.15) is 0 Å². The molecule has 0 aliphatic heterocycles. The fourth-order valence-electron chi connectivity index (χ4n) is 0.913. The van der Waals surface area contributed by atoms with E-state index in [9.17, 15) is 0 Å². The first-order chi connectivity index (χ1) is 5.38. The van der Waals surface area contributed by atoms with Gasteiger partial charge in [-0.05, 0) is 11.1 Å². The Balaban J connectivity index is 3.01. The first kappa shape index (κ1) is 7.61. The van der Waals surface area contributed by atoms with E-state index in [-0.39, 0.29) is 0 Å². The monoisotopic (exact) mass is 145 g/mol. The lowest BCUT2D eigenvalue weighted by atomic mass is 10.1. The van der Waals surface area contributed by atoms with Gasteiger partial charge in [-0.15, -0.1) is 0 Å². The zero-order valence-electron chi connectivity index (χ0n) is 6.33. The Morgan fingerprint density at radius 3 is 2.36 bits per heavy atom. The van der Waals surface area contributed by atoms with E-state index in [2.05, 4.69) is 6.58 Å². The normalized spacial score (nSPS) is 11.1. The van der Waals surface area contributed by atoms with Crippen LogP contribution in [0.25, 0.3) is 5.57 Å². The van der Waals surface area contributed by atoms with Crippen LogP contribution in [0, 0.1) is 0 Å². The summed E-state index contributed by atoms with van der Waals surface area (Å²) in [4.78, 5) is 0. The lowest BCUT2D eigenvalue weighted by Crippen LogP contribution is -1.85. The molecule has 2 N–H and O–H groups in total. The fraction of sp³-hybridized carbons (Fsp3) is 0. The Hall–Kier alpha value is -1.50. The van der Waals surface area contributed by atoms with E-state index in [4.69, 9.17) is 5.73 Å². The molecule has 0 saturated heterocycles. The summed E-state index contributed by atoms with van der Waals surface area (Å²) in [5, 5.41) is 0. The van der Waals surface area contributed by atoms with Gasteiger partial charge in [0, 0.05) is 6.20 Å².